The highest BCUT2D eigenvalue weighted by Gasteiger charge is 2.18. The van der Waals surface area contributed by atoms with Crippen LogP contribution in [0.3, 0.4) is 0 Å². The fourth-order valence-corrected chi connectivity index (χ4v) is 2.83. The van der Waals surface area contributed by atoms with Gasteiger partial charge in [-0.15, -0.1) is 0 Å². The molecule has 1 aromatic carbocycles. The van der Waals surface area contributed by atoms with Gasteiger partial charge in [-0.25, -0.2) is 0 Å². The van der Waals surface area contributed by atoms with Gasteiger partial charge < -0.3 is 4.90 Å². The van der Waals surface area contributed by atoms with Crippen molar-refractivity contribution >= 4 is 5.69 Å². The molecule has 1 nitrogen and oxygen atoms in total. The van der Waals surface area contributed by atoms with E-state index >= 15 is 0 Å². The van der Waals surface area contributed by atoms with E-state index in [4.69, 9.17) is 0 Å². The van der Waals surface area contributed by atoms with Crippen molar-refractivity contribution in [3.63, 3.8) is 0 Å². The molecule has 0 N–H and O–H groups in total. The van der Waals surface area contributed by atoms with Gasteiger partial charge in [0.15, 0.2) is 0 Å². The second-order valence-electron chi connectivity index (χ2n) is 5.24. The number of hydrogen-bond acceptors (Lipinski definition) is 1. The zero-order chi connectivity index (χ0) is 14.1. The summed E-state index contributed by atoms with van der Waals surface area (Å²) in [7, 11) is 0. The Morgan fingerprint density at radius 1 is 1.00 bits per heavy atom. The molecule has 0 atom stereocenters. The van der Waals surface area contributed by atoms with Crippen LogP contribution in [0, 0.1) is 5.92 Å². The molecule has 2 rings (SSSR count). The number of rotatable bonds is 4. The van der Waals surface area contributed by atoms with Crippen LogP contribution in [0.5, 0.6) is 0 Å². The Bertz CT molecular complexity index is 320. The lowest BCUT2D eigenvalue weighted by molar-refractivity contribution is 0.378. The fourth-order valence-electron chi connectivity index (χ4n) is 2.83. The van der Waals surface area contributed by atoms with Crippen molar-refractivity contribution in [2.24, 2.45) is 5.92 Å². The third kappa shape index (κ3) is 4.89. The van der Waals surface area contributed by atoms with Crippen molar-refractivity contribution in [3.8, 4) is 0 Å². The van der Waals surface area contributed by atoms with Gasteiger partial charge in [0.05, 0.1) is 0 Å². The van der Waals surface area contributed by atoms with Gasteiger partial charge in [-0.1, -0.05) is 52.7 Å². The van der Waals surface area contributed by atoms with Crippen LogP contribution in [-0.2, 0) is 6.42 Å². The topological polar surface area (TPSA) is 3.24 Å². The van der Waals surface area contributed by atoms with Crippen LogP contribution >= 0.6 is 0 Å². The number of piperidine rings is 1. The fraction of sp³-hybridized carbons (Fsp3) is 0.667. The smallest absolute Gasteiger partial charge is 0.0366 e. The molecule has 1 saturated heterocycles. The Balaban J connectivity index is 0.000000861. The number of anilines is 1. The van der Waals surface area contributed by atoms with Crippen LogP contribution < -0.4 is 4.90 Å². The van der Waals surface area contributed by atoms with E-state index in [-0.39, 0.29) is 0 Å². The first kappa shape index (κ1) is 16.1. The van der Waals surface area contributed by atoms with Gasteiger partial charge in [-0.3, -0.25) is 0 Å². The van der Waals surface area contributed by atoms with E-state index in [1.165, 1.54) is 50.0 Å². The van der Waals surface area contributed by atoms with E-state index in [0.717, 1.165) is 12.3 Å². The average molecular weight is 261 g/mol. The van der Waals surface area contributed by atoms with Gasteiger partial charge in [0.1, 0.15) is 0 Å². The highest BCUT2D eigenvalue weighted by atomic mass is 15.1. The van der Waals surface area contributed by atoms with E-state index < -0.39 is 0 Å². The lowest BCUT2D eigenvalue weighted by Crippen LogP contribution is -2.33. The Hall–Kier alpha value is -0.980. The predicted molar refractivity (Wildman–Crippen MR) is 87.0 cm³/mol. The van der Waals surface area contributed by atoms with Gasteiger partial charge in [0, 0.05) is 18.8 Å². The predicted octanol–water partition coefficient (Wildman–Crippen LogP) is 5.29. The zero-order valence-electron chi connectivity index (χ0n) is 13.3. The first-order valence-corrected chi connectivity index (χ1v) is 8.17. The maximum absolute atomic E-state index is 2.55. The molecular weight excluding hydrogens is 230 g/mol. The summed E-state index contributed by atoms with van der Waals surface area (Å²) < 4.78 is 0. The van der Waals surface area contributed by atoms with Crippen molar-refractivity contribution in [2.75, 3.05) is 18.0 Å². The van der Waals surface area contributed by atoms with Crippen molar-refractivity contribution in [3.05, 3.63) is 29.8 Å². The van der Waals surface area contributed by atoms with Gasteiger partial charge in [0.25, 0.3) is 0 Å². The average Bonchev–Trinajstić information content (AvgIpc) is 2.51. The van der Waals surface area contributed by atoms with E-state index in [1.807, 2.05) is 13.8 Å². The van der Waals surface area contributed by atoms with Crippen LogP contribution in [-0.4, -0.2) is 13.1 Å². The summed E-state index contributed by atoms with van der Waals surface area (Å²) in [5.41, 5.74) is 2.85. The minimum absolute atomic E-state index is 0.978. The molecule has 0 saturated carbocycles. The molecule has 0 aromatic heterocycles. The van der Waals surface area contributed by atoms with Crippen molar-refractivity contribution in [1.29, 1.82) is 0 Å². The zero-order valence-corrected chi connectivity index (χ0v) is 13.3. The summed E-state index contributed by atoms with van der Waals surface area (Å²) in [4.78, 5) is 2.55. The molecule has 19 heavy (non-hydrogen) atoms. The number of aryl methyl sites for hydroxylation is 1. The molecule has 0 amide bonds. The number of benzene rings is 1. The molecule has 0 aliphatic carbocycles. The number of hydrogen-bond donors (Lipinski definition) is 0. The second-order valence-corrected chi connectivity index (χ2v) is 5.24. The summed E-state index contributed by atoms with van der Waals surface area (Å²) in [6.07, 6.45) is 6.66. The second kappa shape index (κ2) is 9.01. The van der Waals surface area contributed by atoms with Crippen LogP contribution in [0.25, 0.3) is 0 Å². The molecule has 1 aliphatic heterocycles. The first-order chi connectivity index (χ1) is 9.33. The number of nitrogens with zero attached hydrogens (tertiary/aromatic N) is 1. The molecule has 1 fully saturated rings. The highest BCUT2D eigenvalue weighted by Crippen LogP contribution is 2.26. The van der Waals surface area contributed by atoms with Gasteiger partial charge in [-0.2, -0.15) is 0 Å². The summed E-state index contributed by atoms with van der Waals surface area (Å²) in [5, 5.41) is 0. The van der Waals surface area contributed by atoms with Crippen molar-refractivity contribution in [2.45, 2.75) is 59.8 Å². The van der Waals surface area contributed by atoms with Gasteiger partial charge in [-0.05, 0) is 42.9 Å². The molecule has 0 bridgehead atoms. The molecule has 0 spiro atoms. The Morgan fingerprint density at radius 2 is 1.58 bits per heavy atom. The minimum atomic E-state index is 0.978. The molecule has 1 heterocycles. The van der Waals surface area contributed by atoms with Crippen LogP contribution in [0.1, 0.15) is 58.9 Å². The Labute approximate surface area is 120 Å². The SMILES string of the molecule is CC.CCCC1CCN(c2ccc(CC)cc2)CC1. The maximum Gasteiger partial charge on any atom is 0.0366 e. The largest absolute Gasteiger partial charge is 0.372 e. The summed E-state index contributed by atoms with van der Waals surface area (Å²) in [6, 6.07) is 9.12. The maximum atomic E-state index is 2.55. The monoisotopic (exact) mass is 261 g/mol. The standard InChI is InChI=1S/C16H25N.C2H6/c1-3-5-15-10-12-17(13-11-15)16-8-6-14(4-2)7-9-16;1-2/h6-9,15H,3-5,10-13H2,1-2H3;1-2H3. The molecule has 0 radical (unpaired) electrons. The summed E-state index contributed by atoms with van der Waals surface area (Å²) in [5.74, 6) is 0.978. The van der Waals surface area contributed by atoms with E-state index in [1.54, 1.807) is 0 Å². The van der Waals surface area contributed by atoms with Crippen LogP contribution in [0.2, 0.25) is 0 Å². The summed E-state index contributed by atoms with van der Waals surface area (Å²) in [6.45, 7) is 11.0. The molecule has 1 heteroatoms. The van der Waals surface area contributed by atoms with Crippen molar-refractivity contribution in [1.82, 2.24) is 0 Å². The van der Waals surface area contributed by atoms with E-state index in [9.17, 15) is 0 Å². The Morgan fingerprint density at radius 3 is 2.05 bits per heavy atom. The van der Waals surface area contributed by atoms with Crippen molar-refractivity contribution < 1.29 is 0 Å². The lowest BCUT2D eigenvalue weighted by atomic mass is 9.92. The lowest BCUT2D eigenvalue weighted by Gasteiger charge is -2.33. The minimum Gasteiger partial charge on any atom is -0.372 e. The Kier molecular flexibility index (Phi) is 7.62. The molecule has 1 aliphatic rings. The third-order valence-corrected chi connectivity index (χ3v) is 4.02. The summed E-state index contributed by atoms with van der Waals surface area (Å²) >= 11 is 0. The van der Waals surface area contributed by atoms with Crippen LogP contribution in [0.4, 0.5) is 5.69 Å². The van der Waals surface area contributed by atoms with E-state index in [0.29, 0.717) is 0 Å². The van der Waals surface area contributed by atoms with Crippen LogP contribution in [0.15, 0.2) is 24.3 Å². The van der Waals surface area contributed by atoms with Gasteiger partial charge >= 0.3 is 0 Å². The highest BCUT2D eigenvalue weighted by molar-refractivity contribution is 5.47. The van der Waals surface area contributed by atoms with E-state index in [2.05, 4.69) is 43.0 Å². The third-order valence-electron chi connectivity index (χ3n) is 4.02. The molecule has 0 unspecified atom stereocenters. The molecule has 108 valence electrons. The molecular formula is C18H31N. The van der Waals surface area contributed by atoms with Gasteiger partial charge in [0.2, 0.25) is 0 Å². The normalized spacial score (nSPS) is 15.9. The molecule has 1 aromatic rings. The quantitative estimate of drug-likeness (QED) is 0.711. The first-order valence-electron chi connectivity index (χ1n) is 8.17.